The second kappa shape index (κ2) is 8.10. The van der Waals surface area contributed by atoms with Gasteiger partial charge in [0, 0.05) is 10.8 Å². The second-order valence-electron chi connectivity index (χ2n) is 5.18. The van der Waals surface area contributed by atoms with Gasteiger partial charge in [-0.15, -0.1) is 11.8 Å². The third-order valence-corrected chi connectivity index (χ3v) is 4.88. The van der Waals surface area contributed by atoms with E-state index in [2.05, 4.69) is 10.3 Å². The minimum absolute atomic E-state index is 0.0433. The van der Waals surface area contributed by atoms with Crippen LogP contribution in [0.1, 0.15) is 12.8 Å². The Balaban J connectivity index is 2.22. The van der Waals surface area contributed by atoms with Crippen LogP contribution in [-0.2, 0) is 0 Å². The third kappa shape index (κ3) is 6.29. The molecule has 0 bridgehead atoms. The molecule has 1 aromatic rings. The first kappa shape index (κ1) is 19.6. The summed E-state index contributed by atoms with van der Waals surface area (Å²) in [6.07, 6.45) is -5.24. The Morgan fingerprint density at radius 2 is 1.92 bits per heavy atom. The van der Waals surface area contributed by atoms with Gasteiger partial charge >= 0.3 is 6.18 Å². The van der Waals surface area contributed by atoms with Gasteiger partial charge in [0.2, 0.25) is 0 Å². The highest BCUT2D eigenvalue weighted by atomic mass is 35.5. The first-order valence-electron chi connectivity index (χ1n) is 6.95. The Kier molecular flexibility index (Phi) is 6.61. The summed E-state index contributed by atoms with van der Waals surface area (Å²) in [4.78, 5) is 4.41. The molecule has 1 aromatic carbocycles. The highest BCUT2D eigenvalue weighted by Crippen LogP contribution is 2.39. The number of alkyl halides is 5. The second-order valence-corrected chi connectivity index (χ2v) is 7.01. The molecule has 1 saturated carbocycles. The van der Waals surface area contributed by atoms with Crippen LogP contribution in [0.3, 0.4) is 0 Å². The highest BCUT2D eigenvalue weighted by Gasteiger charge is 2.29. The van der Waals surface area contributed by atoms with Gasteiger partial charge in [-0.1, -0.05) is 23.2 Å². The summed E-state index contributed by atoms with van der Waals surface area (Å²) >= 11 is 12.5. The summed E-state index contributed by atoms with van der Waals surface area (Å²) in [5.74, 6) is -0.690. The molecule has 1 N–H and O–H groups in total. The number of rotatable bonds is 6. The first-order chi connectivity index (χ1) is 11.2. The molecule has 2 nitrogen and oxygen atoms in total. The van der Waals surface area contributed by atoms with E-state index < -0.39 is 24.9 Å². The van der Waals surface area contributed by atoms with Crippen LogP contribution in [-0.4, -0.2) is 30.7 Å². The van der Waals surface area contributed by atoms with Crippen molar-refractivity contribution in [2.45, 2.75) is 30.3 Å². The normalized spacial score (nSPS) is 15.9. The number of hydrogen-bond acceptors (Lipinski definition) is 2. The minimum atomic E-state index is -4.34. The van der Waals surface area contributed by atoms with Crippen LogP contribution in [0.4, 0.5) is 27.6 Å². The molecular weight excluding hydrogens is 394 g/mol. The molecule has 0 amide bonds. The van der Waals surface area contributed by atoms with E-state index in [1.807, 2.05) is 0 Å². The predicted molar refractivity (Wildman–Crippen MR) is 87.1 cm³/mol. The maximum Gasteiger partial charge on any atom is 0.398 e. The maximum absolute atomic E-state index is 12.4. The van der Waals surface area contributed by atoms with Crippen LogP contribution < -0.4 is 5.32 Å². The van der Waals surface area contributed by atoms with E-state index in [4.69, 9.17) is 23.2 Å². The van der Waals surface area contributed by atoms with Gasteiger partial charge in [-0.25, -0.2) is 13.8 Å². The number of halogens is 7. The quantitative estimate of drug-likeness (QED) is 0.273. The Morgan fingerprint density at radius 3 is 2.46 bits per heavy atom. The molecule has 10 heteroatoms. The standard InChI is InChI=1S/C14H13Cl2F5N2S/c15-8-3-9(16)11(24-6-14(19,20)21)4-10(8)23-13(7-1-2-7)22-5-12(17)18/h3-4,7,12H,1-2,5-6H2,(H,22,23). The van der Waals surface area contributed by atoms with E-state index >= 15 is 0 Å². The zero-order chi connectivity index (χ0) is 17.9. The molecule has 24 heavy (non-hydrogen) atoms. The molecule has 0 aromatic heterocycles. The van der Waals surface area contributed by atoms with Crippen molar-refractivity contribution in [1.82, 2.24) is 5.32 Å². The summed E-state index contributed by atoms with van der Waals surface area (Å²) in [5, 5.41) is 2.80. The molecule has 0 aliphatic heterocycles. The van der Waals surface area contributed by atoms with Gasteiger partial charge < -0.3 is 5.32 Å². The lowest BCUT2D eigenvalue weighted by Gasteiger charge is -2.12. The molecule has 1 fully saturated rings. The molecule has 0 spiro atoms. The smallest absolute Gasteiger partial charge is 0.368 e. The molecule has 134 valence electrons. The molecule has 0 radical (unpaired) electrons. The summed E-state index contributed by atoms with van der Waals surface area (Å²) in [7, 11) is 0. The number of nitrogens with one attached hydrogen (secondary N) is 1. The molecule has 0 unspecified atom stereocenters. The number of hydrogen-bond donors (Lipinski definition) is 1. The van der Waals surface area contributed by atoms with Crippen molar-refractivity contribution in [3.8, 4) is 0 Å². The number of thioether (sulfide) groups is 1. The summed E-state index contributed by atoms with van der Waals surface area (Å²) in [6, 6.07) is 2.64. The number of amidine groups is 1. The highest BCUT2D eigenvalue weighted by molar-refractivity contribution is 7.99. The van der Waals surface area contributed by atoms with Crippen LogP contribution in [0.5, 0.6) is 0 Å². The van der Waals surface area contributed by atoms with E-state index in [0.29, 0.717) is 17.6 Å². The summed E-state index contributed by atoms with van der Waals surface area (Å²) in [6.45, 7) is -0.545. The van der Waals surface area contributed by atoms with Gasteiger partial charge in [-0.2, -0.15) is 13.2 Å². The number of nitrogens with zero attached hydrogens (tertiary/aromatic N) is 1. The lowest BCUT2D eigenvalue weighted by Crippen LogP contribution is -2.29. The van der Waals surface area contributed by atoms with E-state index in [9.17, 15) is 22.0 Å². The van der Waals surface area contributed by atoms with E-state index in [-0.39, 0.29) is 26.5 Å². The van der Waals surface area contributed by atoms with Gasteiger partial charge in [0.05, 0.1) is 28.0 Å². The van der Waals surface area contributed by atoms with Gasteiger partial charge in [-0.05, 0) is 25.0 Å². The molecule has 0 saturated heterocycles. The van der Waals surface area contributed by atoms with Crippen LogP contribution in [0.15, 0.2) is 22.0 Å². The zero-order valence-corrected chi connectivity index (χ0v) is 14.5. The van der Waals surface area contributed by atoms with Crippen LogP contribution in [0, 0.1) is 5.92 Å². The molecule has 0 atom stereocenters. The first-order valence-corrected chi connectivity index (χ1v) is 8.69. The maximum atomic E-state index is 12.4. The van der Waals surface area contributed by atoms with Crippen molar-refractivity contribution >= 4 is 46.5 Å². The van der Waals surface area contributed by atoms with Gasteiger partial charge in [0.25, 0.3) is 6.43 Å². The summed E-state index contributed by atoms with van der Waals surface area (Å²) in [5.41, 5.74) is 0.203. The summed E-state index contributed by atoms with van der Waals surface area (Å²) < 4.78 is 61.8. The van der Waals surface area contributed by atoms with Gasteiger partial charge in [0.1, 0.15) is 5.84 Å². The minimum Gasteiger partial charge on any atom is -0.368 e. The Labute approximate surface area is 149 Å². The van der Waals surface area contributed by atoms with Crippen molar-refractivity contribution < 1.29 is 22.0 Å². The molecule has 1 aliphatic rings. The average Bonchev–Trinajstić information content (AvgIpc) is 3.27. The molecule has 0 heterocycles. The van der Waals surface area contributed by atoms with Crippen molar-refractivity contribution in [2.24, 2.45) is 10.9 Å². The lowest BCUT2D eigenvalue weighted by atomic mass is 10.3. The fourth-order valence-electron chi connectivity index (χ4n) is 1.82. The van der Waals surface area contributed by atoms with Crippen molar-refractivity contribution in [2.75, 3.05) is 12.3 Å². The van der Waals surface area contributed by atoms with Crippen molar-refractivity contribution in [3.05, 3.63) is 22.2 Å². The topological polar surface area (TPSA) is 24.4 Å². The fourth-order valence-corrected chi connectivity index (χ4v) is 3.12. The molecule has 2 rings (SSSR count). The van der Waals surface area contributed by atoms with Crippen LogP contribution in [0.25, 0.3) is 0 Å². The third-order valence-electron chi connectivity index (χ3n) is 3.04. The monoisotopic (exact) mass is 406 g/mol. The Hall–Kier alpha value is -0.730. The number of benzene rings is 1. The largest absolute Gasteiger partial charge is 0.398 e. The zero-order valence-electron chi connectivity index (χ0n) is 12.1. The predicted octanol–water partition coefficient (Wildman–Crippen LogP) is 5.94. The Morgan fingerprint density at radius 1 is 1.25 bits per heavy atom. The molecule has 1 aliphatic carbocycles. The number of aliphatic imine (C=N–C) groups is 1. The lowest BCUT2D eigenvalue weighted by molar-refractivity contribution is -0.105. The van der Waals surface area contributed by atoms with Crippen molar-refractivity contribution in [1.29, 1.82) is 0 Å². The van der Waals surface area contributed by atoms with Gasteiger partial charge in [0.15, 0.2) is 0 Å². The Bertz CT molecular complexity index is 618. The van der Waals surface area contributed by atoms with Crippen molar-refractivity contribution in [3.63, 3.8) is 0 Å². The van der Waals surface area contributed by atoms with E-state index in [1.54, 1.807) is 0 Å². The van der Waals surface area contributed by atoms with E-state index in [1.165, 1.54) is 12.1 Å². The fraction of sp³-hybridized carbons (Fsp3) is 0.500. The van der Waals surface area contributed by atoms with Gasteiger partial charge in [-0.3, -0.25) is 0 Å². The van der Waals surface area contributed by atoms with Crippen LogP contribution in [0.2, 0.25) is 10.0 Å². The van der Waals surface area contributed by atoms with E-state index in [0.717, 1.165) is 12.8 Å². The molecular formula is C14H13Cl2F5N2S. The SMILES string of the molecule is FC(F)CN/C(=N\c1cc(SCC(F)(F)F)c(Cl)cc1Cl)C1CC1. The van der Waals surface area contributed by atoms with Crippen LogP contribution >= 0.6 is 35.0 Å². The average molecular weight is 407 g/mol.